The maximum Gasteiger partial charge on any atom is 0.406 e. The number of benzene rings is 1. The van der Waals surface area contributed by atoms with Gasteiger partial charge in [0.1, 0.15) is 6.54 Å². The number of nitrogens with zero attached hydrogens (tertiary/aromatic N) is 1. The number of hydrogen-bond donors (Lipinski definition) is 1. The number of anilines is 1. The highest BCUT2D eigenvalue weighted by Crippen LogP contribution is 2.22. The minimum atomic E-state index is -4.45. The number of nitrogen functional groups attached to an aromatic ring is 1. The predicted octanol–water partition coefficient (Wildman–Crippen LogP) is 3.34. The minimum Gasteiger partial charge on any atom is -0.398 e. The normalized spacial score (nSPS) is 11.4. The van der Waals surface area contributed by atoms with Crippen LogP contribution in [-0.4, -0.2) is 30.1 Å². The van der Waals surface area contributed by atoms with E-state index >= 15 is 0 Å². The van der Waals surface area contributed by atoms with E-state index in [0.29, 0.717) is 6.42 Å². The second-order valence-corrected chi connectivity index (χ2v) is 4.51. The van der Waals surface area contributed by atoms with Gasteiger partial charge in [-0.3, -0.25) is 4.79 Å². The van der Waals surface area contributed by atoms with Crippen molar-refractivity contribution in [3.63, 3.8) is 0 Å². The molecule has 0 aliphatic rings. The average molecular weight is 295 g/mol. The summed E-state index contributed by atoms with van der Waals surface area (Å²) in [7, 11) is 0. The molecule has 19 heavy (non-hydrogen) atoms. The standard InChI is InChI=1S/C12H14ClF3N2O/c1-2-5-18(7-12(14,15)16)11(19)9-6-8(13)3-4-10(9)17/h3-4,6H,2,5,7,17H2,1H3. The Kier molecular flexibility index (Phi) is 5.05. The van der Waals surface area contributed by atoms with Gasteiger partial charge in [-0.15, -0.1) is 0 Å². The molecule has 106 valence electrons. The Bertz CT molecular complexity index is 463. The summed E-state index contributed by atoms with van der Waals surface area (Å²) in [4.78, 5) is 12.8. The molecule has 3 nitrogen and oxygen atoms in total. The number of carbonyl (C=O) groups is 1. The van der Waals surface area contributed by atoms with Crippen molar-refractivity contribution in [1.29, 1.82) is 0 Å². The van der Waals surface area contributed by atoms with Crippen molar-refractivity contribution in [3.8, 4) is 0 Å². The summed E-state index contributed by atoms with van der Waals surface area (Å²) >= 11 is 5.73. The van der Waals surface area contributed by atoms with Gasteiger partial charge in [-0.2, -0.15) is 13.2 Å². The average Bonchev–Trinajstić information content (AvgIpc) is 2.29. The van der Waals surface area contributed by atoms with Crippen molar-refractivity contribution in [2.24, 2.45) is 0 Å². The Morgan fingerprint density at radius 3 is 2.58 bits per heavy atom. The number of halogens is 4. The predicted molar refractivity (Wildman–Crippen MR) is 68.1 cm³/mol. The zero-order valence-electron chi connectivity index (χ0n) is 10.3. The van der Waals surface area contributed by atoms with Gasteiger partial charge in [0.25, 0.3) is 5.91 Å². The molecule has 0 radical (unpaired) electrons. The summed E-state index contributed by atoms with van der Waals surface area (Å²) < 4.78 is 37.3. The van der Waals surface area contributed by atoms with Crippen LogP contribution in [0.5, 0.6) is 0 Å². The van der Waals surface area contributed by atoms with Crippen molar-refractivity contribution in [3.05, 3.63) is 28.8 Å². The fourth-order valence-corrected chi connectivity index (χ4v) is 1.79. The second-order valence-electron chi connectivity index (χ2n) is 4.07. The quantitative estimate of drug-likeness (QED) is 0.866. The Hall–Kier alpha value is -1.43. The third-order valence-corrected chi connectivity index (χ3v) is 2.63. The number of rotatable bonds is 4. The molecule has 0 saturated carbocycles. The van der Waals surface area contributed by atoms with Crippen LogP contribution in [0.1, 0.15) is 23.7 Å². The van der Waals surface area contributed by atoms with Gasteiger partial charge in [-0.25, -0.2) is 0 Å². The van der Waals surface area contributed by atoms with Gasteiger partial charge in [0.05, 0.1) is 5.56 Å². The van der Waals surface area contributed by atoms with Gasteiger partial charge < -0.3 is 10.6 Å². The molecule has 2 N–H and O–H groups in total. The van der Waals surface area contributed by atoms with E-state index < -0.39 is 18.6 Å². The van der Waals surface area contributed by atoms with Gasteiger partial charge in [-0.1, -0.05) is 18.5 Å². The van der Waals surface area contributed by atoms with E-state index in [1.165, 1.54) is 18.2 Å². The molecule has 1 aromatic carbocycles. The number of hydrogen-bond acceptors (Lipinski definition) is 2. The van der Waals surface area contributed by atoms with Crippen molar-refractivity contribution in [2.45, 2.75) is 19.5 Å². The molecule has 1 aromatic rings. The van der Waals surface area contributed by atoms with Crippen LogP contribution in [0, 0.1) is 0 Å². The van der Waals surface area contributed by atoms with Crippen molar-refractivity contribution in [2.75, 3.05) is 18.8 Å². The number of carbonyl (C=O) groups excluding carboxylic acids is 1. The Labute approximate surface area is 114 Å². The summed E-state index contributed by atoms with van der Waals surface area (Å²) in [6.07, 6.45) is -4.03. The zero-order chi connectivity index (χ0) is 14.6. The lowest BCUT2D eigenvalue weighted by molar-refractivity contribution is -0.140. The van der Waals surface area contributed by atoms with E-state index in [1.54, 1.807) is 6.92 Å². The molecule has 0 unspecified atom stereocenters. The minimum absolute atomic E-state index is 0.00426. The SMILES string of the molecule is CCCN(CC(F)(F)F)C(=O)c1cc(Cl)ccc1N. The zero-order valence-corrected chi connectivity index (χ0v) is 11.1. The van der Waals surface area contributed by atoms with Gasteiger partial charge in [-0.05, 0) is 24.6 Å². The lowest BCUT2D eigenvalue weighted by Crippen LogP contribution is -2.39. The van der Waals surface area contributed by atoms with Crippen molar-refractivity contribution < 1.29 is 18.0 Å². The van der Waals surface area contributed by atoms with Crippen LogP contribution >= 0.6 is 11.6 Å². The van der Waals surface area contributed by atoms with Crippen molar-refractivity contribution in [1.82, 2.24) is 4.90 Å². The fourth-order valence-electron chi connectivity index (χ4n) is 1.62. The highest BCUT2D eigenvalue weighted by Gasteiger charge is 2.33. The first-order chi connectivity index (χ1) is 8.74. The molecule has 0 saturated heterocycles. The molecule has 1 rings (SSSR count). The Morgan fingerprint density at radius 2 is 2.05 bits per heavy atom. The first-order valence-corrected chi connectivity index (χ1v) is 6.03. The molecule has 0 atom stereocenters. The van der Waals surface area contributed by atoms with E-state index in [1.807, 2.05) is 0 Å². The van der Waals surface area contributed by atoms with Crippen LogP contribution in [0.4, 0.5) is 18.9 Å². The largest absolute Gasteiger partial charge is 0.406 e. The van der Waals surface area contributed by atoms with E-state index in [4.69, 9.17) is 17.3 Å². The monoisotopic (exact) mass is 294 g/mol. The molecule has 1 amide bonds. The smallest absolute Gasteiger partial charge is 0.398 e. The van der Waals surface area contributed by atoms with Crippen LogP contribution in [0.3, 0.4) is 0 Å². The van der Waals surface area contributed by atoms with Gasteiger partial charge in [0.15, 0.2) is 0 Å². The summed E-state index contributed by atoms with van der Waals surface area (Å²) in [5.41, 5.74) is 5.70. The molecule has 0 aromatic heterocycles. The molecule has 0 aliphatic heterocycles. The van der Waals surface area contributed by atoms with Crippen LogP contribution in [0.2, 0.25) is 5.02 Å². The second kappa shape index (κ2) is 6.14. The molecule has 0 bridgehead atoms. The summed E-state index contributed by atoms with van der Waals surface area (Å²) in [6, 6.07) is 4.15. The van der Waals surface area contributed by atoms with E-state index in [0.717, 1.165) is 4.90 Å². The third kappa shape index (κ3) is 4.63. The highest BCUT2D eigenvalue weighted by atomic mass is 35.5. The number of nitrogens with two attached hydrogens (primary N) is 1. The number of alkyl halides is 3. The molecular formula is C12H14ClF3N2O. The maximum absolute atomic E-state index is 12.4. The molecule has 0 aliphatic carbocycles. The van der Waals surface area contributed by atoms with Crippen LogP contribution < -0.4 is 5.73 Å². The molecule has 7 heteroatoms. The topological polar surface area (TPSA) is 46.3 Å². The Balaban J connectivity index is 3.02. The lowest BCUT2D eigenvalue weighted by atomic mass is 10.1. The Morgan fingerprint density at radius 1 is 1.42 bits per heavy atom. The van der Waals surface area contributed by atoms with Crippen LogP contribution in [0.25, 0.3) is 0 Å². The first-order valence-electron chi connectivity index (χ1n) is 5.65. The fraction of sp³-hybridized carbons (Fsp3) is 0.417. The highest BCUT2D eigenvalue weighted by molar-refractivity contribution is 6.31. The van der Waals surface area contributed by atoms with Crippen LogP contribution in [0.15, 0.2) is 18.2 Å². The van der Waals surface area contributed by atoms with E-state index in [2.05, 4.69) is 0 Å². The summed E-state index contributed by atoms with van der Waals surface area (Å²) in [5.74, 6) is -0.765. The third-order valence-electron chi connectivity index (χ3n) is 2.40. The van der Waals surface area contributed by atoms with Gasteiger partial charge in [0, 0.05) is 17.3 Å². The molecule has 0 fully saturated rings. The van der Waals surface area contributed by atoms with Crippen molar-refractivity contribution >= 4 is 23.2 Å². The van der Waals surface area contributed by atoms with E-state index in [9.17, 15) is 18.0 Å². The first kappa shape index (κ1) is 15.6. The van der Waals surface area contributed by atoms with Gasteiger partial charge >= 0.3 is 6.18 Å². The molecule has 0 heterocycles. The summed E-state index contributed by atoms with van der Waals surface area (Å²) in [5, 5.41) is 0.251. The van der Waals surface area contributed by atoms with E-state index in [-0.39, 0.29) is 22.8 Å². The summed E-state index contributed by atoms with van der Waals surface area (Å²) in [6.45, 7) is 0.397. The van der Waals surface area contributed by atoms with Crippen LogP contribution in [-0.2, 0) is 0 Å². The maximum atomic E-state index is 12.4. The van der Waals surface area contributed by atoms with Gasteiger partial charge in [0.2, 0.25) is 0 Å². The molecular weight excluding hydrogens is 281 g/mol. The number of amides is 1. The lowest BCUT2D eigenvalue weighted by Gasteiger charge is -2.24. The molecule has 0 spiro atoms.